The minimum Gasteiger partial charge on any atom is -0.458 e. The second-order valence-electron chi connectivity index (χ2n) is 6.94. The Morgan fingerprint density at radius 1 is 1.41 bits per heavy atom. The Morgan fingerprint density at radius 2 is 2.00 bits per heavy atom. The quantitative estimate of drug-likeness (QED) is 0.640. The molecule has 0 aromatic carbocycles. The van der Waals surface area contributed by atoms with Crippen molar-refractivity contribution in [3.63, 3.8) is 0 Å². The van der Waals surface area contributed by atoms with E-state index in [1.54, 1.807) is 20.8 Å². The van der Waals surface area contributed by atoms with Crippen LogP contribution in [0.3, 0.4) is 0 Å². The highest BCUT2D eigenvalue weighted by Crippen LogP contribution is 2.35. The molecule has 22 heavy (non-hydrogen) atoms. The first-order valence-corrected chi connectivity index (χ1v) is 8.12. The van der Waals surface area contributed by atoms with Crippen molar-refractivity contribution in [2.75, 3.05) is 13.1 Å². The van der Waals surface area contributed by atoms with Crippen molar-refractivity contribution in [3.05, 3.63) is 12.2 Å². The van der Waals surface area contributed by atoms with Gasteiger partial charge in [-0.3, -0.25) is 4.90 Å². The van der Waals surface area contributed by atoms with Gasteiger partial charge in [0.15, 0.2) is 0 Å². The van der Waals surface area contributed by atoms with E-state index in [1.165, 1.54) is 0 Å². The lowest BCUT2D eigenvalue weighted by Gasteiger charge is -2.49. The number of carbonyl (C=O) groups is 1. The Kier molecular flexibility index (Phi) is 4.99. The summed E-state index contributed by atoms with van der Waals surface area (Å²) in [6.07, 6.45) is 1.96. The molecular weight excluding hydrogens is 278 g/mol. The summed E-state index contributed by atoms with van der Waals surface area (Å²) in [5.74, 6) is 4.82. The molecule has 3 aliphatic heterocycles. The summed E-state index contributed by atoms with van der Waals surface area (Å²) in [4.78, 5) is 14.9. The number of rotatable bonds is 3. The van der Waals surface area contributed by atoms with Crippen LogP contribution in [0.1, 0.15) is 40.5 Å². The Bertz CT molecular complexity index is 506. The van der Waals surface area contributed by atoms with Crippen molar-refractivity contribution in [1.29, 1.82) is 0 Å². The Hall–Kier alpha value is -1.31. The number of piperidine rings is 3. The number of hydrogen-bond donors (Lipinski definition) is 1. The van der Waals surface area contributed by atoms with Gasteiger partial charge in [0.05, 0.1) is 0 Å². The van der Waals surface area contributed by atoms with Crippen LogP contribution in [0.4, 0.5) is 0 Å². The van der Waals surface area contributed by atoms with Crippen LogP contribution in [0.2, 0.25) is 0 Å². The first-order valence-electron chi connectivity index (χ1n) is 8.12. The second kappa shape index (κ2) is 6.44. The van der Waals surface area contributed by atoms with Gasteiger partial charge in [0.1, 0.15) is 6.10 Å². The second-order valence-corrected chi connectivity index (χ2v) is 6.94. The van der Waals surface area contributed by atoms with E-state index in [2.05, 4.69) is 30.2 Å². The normalized spacial score (nSPS) is 32.8. The summed E-state index contributed by atoms with van der Waals surface area (Å²) in [5.41, 5.74) is -1.16. The predicted octanol–water partition coefficient (Wildman–Crippen LogP) is 1.98. The van der Waals surface area contributed by atoms with Gasteiger partial charge in [0.25, 0.3) is 0 Å². The molecule has 0 aromatic rings. The lowest BCUT2D eigenvalue weighted by atomic mass is 9.81. The number of allylic oxidation sites excluding steroid dienone is 1. The van der Waals surface area contributed by atoms with Crippen molar-refractivity contribution >= 4 is 5.97 Å². The van der Waals surface area contributed by atoms with Gasteiger partial charge in [0, 0.05) is 12.0 Å². The highest BCUT2D eigenvalue weighted by atomic mass is 16.6. The summed E-state index contributed by atoms with van der Waals surface area (Å²) in [6.45, 7) is 13.2. The molecule has 3 heterocycles. The van der Waals surface area contributed by atoms with Gasteiger partial charge in [-0.2, -0.15) is 0 Å². The molecule has 0 saturated carbocycles. The van der Waals surface area contributed by atoms with Gasteiger partial charge in [-0.05, 0) is 51.3 Å². The van der Waals surface area contributed by atoms with E-state index >= 15 is 0 Å². The highest BCUT2D eigenvalue weighted by Gasteiger charge is 2.46. The smallest absolute Gasteiger partial charge is 0.351 e. The Labute approximate surface area is 133 Å². The molecule has 3 rings (SSSR count). The van der Waals surface area contributed by atoms with Gasteiger partial charge in [0.2, 0.25) is 5.60 Å². The summed E-state index contributed by atoms with van der Waals surface area (Å²) < 4.78 is 5.73. The van der Waals surface area contributed by atoms with Crippen LogP contribution in [-0.2, 0) is 9.53 Å². The van der Waals surface area contributed by atoms with Gasteiger partial charge >= 0.3 is 5.97 Å². The minimum absolute atomic E-state index is 0.146. The maximum atomic E-state index is 12.6. The number of ether oxygens (including phenoxy) is 1. The predicted molar refractivity (Wildman–Crippen MR) is 86.0 cm³/mol. The van der Waals surface area contributed by atoms with Crippen LogP contribution in [0.15, 0.2) is 12.2 Å². The SMILES string of the molecule is C=C(C)C#CC(O)(C(=O)OC1C2CCN(CC2)C1C)C(C)C. The summed E-state index contributed by atoms with van der Waals surface area (Å²) >= 11 is 0. The number of esters is 1. The van der Waals surface area contributed by atoms with Crippen LogP contribution in [0, 0.1) is 23.7 Å². The molecule has 3 aliphatic rings. The first-order chi connectivity index (χ1) is 10.3. The van der Waals surface area contributed by atoms with E-state index in [9.17, 15) is 9.90 Å². The minimum atomic E-state index is -1.77. The molecule has 4 heteroatoms. The van der Waals surface area contributed by atoms with Crippen LogP contribution < -0.4 is 0 Å². The third-order valence-corrected chi connectivity index (χ3v) is 4.95. The zero-order chi connectivity index (χ0) is 16.5. The fourth-order valence-electron chi connectivity index (χ4n) is 3.30. The lowest BCUT2D eigenvalue weighted by Crippen LogP contribution is -2.59. The zero-order valence-corrected chi connectivity index (χ0v) is 14.1. The van der Waals surface area contributed by atoms with Crippen molar-refractivity contribution in [2.45, 2.75) is 58.3 Å². The maximum absolute atomic E-state index is 12.6. The molecule has 122 valence electrons. The Morgan fingerprint density at radius 3 is 2.45 bits per heavy atom. The van der Waals surface area contributed by atoms with Crippen LogP contribution >= 0.6 is 0 Å². The average molecular weight is 305 g/mol. The number of carbonyl (C=O) groups excluding carboxylic acids is 1. The number of hydrogen-bond acceptors (Lipinski definition) is 4. The molecule has 0 aliphatic carbocycles. The van der Waals surface area contributed by atoms with Crippen LogP contribution in [0.5, 0.6) is 0 Å². The molecule has 2 bridgehead atoms. The number of nitrogens with zero attached hydrogens (tertiary/aromatic N) is 1. The van der Waals surface area contributed by atoms with E-state index in [0.29, 0.717) is 11.5 Å². The zero-order valence-electron chi connectivity index (χ0n) is 14.1. The van der Waals surface area contributed by atoms with Crippen LogP contribution in [0.25, 0.3) is 0 Å². The Balaban J connectivity index is 2.15. The third-order valence-electron chi connectivity index (χ3n) is 4.95. The fourth-order valence-corrected chi connectivity index (χ4v) is 3.30. The van der Waals surface area contributed by atoms with Crippen LogP contribution in [-0.4, -0.2) is 46.8 Å². The molecule has 3 saturated heterocycles. The standard InChI is InChI=1S/C18H27NO3/c1-12(2)6-9-18(21,13(3)4)17(20)22-16-14(5)19-10-7-15(16)8-11-19/h13-16,21H,1,7-8,10-11H2,2-5H3. The van der Waals surface area contributed by atoms with E-state index in [1.807, 2.05) is 0 Å². The van der Waals surface area contributed by atoms with E-state index in [-0.39, 0.29) is 18.1 Å². The van der Waals surface area contributed by atoms with Gasteiger partial charge in [-0.1, -0.05) is 32.3 Å². The number of fused-ring (bicyclic) bond motifs is 3. The molecule has 3 fully saturated rings. The molecule has 3 atom stereocenters. The average Bonchev–Trinajstić information content (AvgIpc) is 2.48. The molecule has 0 radical (unpaired) electrons. The van der Waals surface area contributed by atoms with Gasteiger partial charge < -0.3 is 9.84 Å². The third kappa shape index (κ3) is 3.21. The lowest BCUT2D eigenvalue weighted by molar-refractivity contribution is -0.183. The van der Waals surface area contributed by atoms with Crippen molar-refractivity contribution in [2.24, 2.45) is 11.8 Å². The molecule has 0 spiro atoms. The monoisotopic (exact) mass is 305 g/mol. The van der Waals surface area contributed by atoms with E-state index in [4.69, 9.17) is 4.74 Å². The molecule has 0 aromatic heterocycles. The van der Waals surface area contributed by atoms with Crippen molar-refractivity contribution < 1.29 is 14.6 Å². The molecule has 1 N–H and O–H groups in total. The highest BCUT2D eigenvalue weighted by molar-refractivity contribution is 5.84. The van der Waals surface area contributed by atoms with Crippen molar-refractivity contribution in [1.82, 2.24) is 4.90 Å². The topological polar surface area (TPSA) is 49.8 Å². The fraction of sp³-hybridized carbons (Fsp3) is 0.722. The number of aliphatic hydroxyl groups is 1. The van der Waals surface area contributed by atoms with Gasteiger partial charge in [-0.15, -0.1) is 0 Å². The summed E-state index contributed by atoms with van der Waals surface area (Å²) in [6, 6.07) is 0.210. The summed E-state index contributed by atoms with van der Waals surface area (Å²) in [7, 11) is 0. The largest absolute Gasteiger partial charge is 0.458 e. The van der Waals surface area contributed by atoms with E-state index in [0.717, 1.165) is 25.9 Å². The first kappa shape index (κ1) is 17.1. The molecular formula is C18H27NO3. The maximum Gasteiger partial charge on any atom is 0.351 e. The summed E-state index contributed by atoms with van der Waals surface area (Å²) in [5, 5.41) is 10.7. The molecule has 0 amide bonds. The van der Waals surface area contributed by atoms with Gasteiger partial charge in [-0.25, -0.2) is 4.79 Å². The van der Waals surface area contributed by atoms with Crippen molar-refractivity contribution in [3.8, 4) is 11.8 Å². The molecule has 3 unspecified atom stereocenters. The van der Waals surface area contributed by atoms with E-state index < -0.39 is 11.6 Å². The molecule has 4 nitrogen and oxygen atoms in total.